The maximum absolute atomic E-state index is 12.7. The second-order valence-corrected chi connectivity index (χ2v) is 8.65. The lowest BCUT2D eigenvalue weighted by molar-refractivity contribution is 0.0925. The Morgan fingerprint density at radius 2 is 1.74 bits per heavy atom. The second-order valence-electron chi connectivity index (χ2n) is 8.65. The summed E-state index contributed by atoms with van der Waals surface area (Å²) in [5.74, 6) is 1.25. The Kier molecular flexibility index (Phi) is 6.12. The van der Waals surface area contributed by atoms with Gasteiger partial charge in [-0.1, -0.05) is 50.2 Å². The van der Waals surface area contributed by atoms with Gasteiger partial charge in [0.15, 0.2) is 0 Å². The smallest absolute Gasteiger partial charge is 0.270 e. The highest BCUT2D eigenvalue weighted by Gasteiger charge is 2.27. The number of hydrogen-bond acceptors (Lipinski definition) is 4. The van der Waals surface area contributed by atoms with Crippen molar-refractivity contribution in [3.05, 3.63) is 89.9 Å². The summed E-state index contributed by atoms with van der Waals surface area (Å²) >= 11 is 0. The van der Waals surface area contributed by atoms with Crippen LogP contribution in [0.1, 0.15) is 47.8 Å². The number of amides is 1. The Morgan fingerprint density at radius 1 is 1.00 bits per heavy atom. The van der Waals surface area contributed by atoms with Crippen molar-refractivity contribution < 1.29 is 9.53 Å². The number of aromatic nitrogens is 3. The van der Waals surface area contributed by atoms with Crippen molar-refractivity contribution >= 4 is 5.91 Å². The van der Waals surface area contributed by atoms with Crippen LogP contribution < -0.4 is 10.1 Å². The van der Waals surface area contributed by atoms with E-state index >= 15 is 0 Å². The summed E-state index contributed by atoms with van der Waals surface area (Å²) in [6, 6.07) is 20.4. The van der Waals surface area contributed by atoms with E-state index in [1.54, 1.807) is 17.1 Å². The molecular weight excluding hydrogens is 424 g/mol. The van der Waals surface area contributed by atoms with Gasteiger partial charge in [-0.15, -0.1) is 0 Å². The van der Waals surface area contributed by atoms with Crippen molar-refractivity contribution in [2.75, 3.05) is 6.54 Å². The van der Waals surface area contributed by atoms with Crippen LogP contribution in [-0.4, -0.2) is 27.2 Å². The monoisotopic (exact) mass is 452 g/mol. The molecule has 0 bridgehead atoms. The van der Waals surface area contributed by atoms with Gasteiger partial charge in [0, 0.05) is 30.1 Å². The van der Waals surface area contributed by atoms with Gasteiger partial charge in [-0.3, -0.25) is 14.5 Å². The lowest BCUT2D eigenvalue weighted by Gasteiger charge is -2.15. The SMILES string of the molecule is CCC(C)c1ccc(COc2ccc(-c3c(-c4ccncc4)nn4c3C(=O)NCC4)cc2)cc1. The van der Waals surface area contributed by atoms with E-state index in [9.17, 15) is 4.79 Å². The molecule has 1 N–H and O–H groups in total. The molecule has 4 aromatic rings. The lowest BCUT2D eigenvalue weighted by atomic mass is 9.98. The molecule has 5 rings (SSSR count). The minimum absolute atomic E-state index is 0.102. The van der Waals surface area contributed by atoms with Crippen molar-refractivity contribution in [1.29, 1.82) is 0 Å². The van der Waals surface area contributed by atoms with Gasteiger partial charge < -0.3 is 10.1 Å². The first-order chi connectivity index (χ1) is 16.6. The molecule has 0 radical (unpaired) electrons. The molecular formula is C28H28N4O2. The molecule has 3 heterocycles. The van der Waals surface area contributed by atoms with Gasteiger partial charge in [-0.2, -0.15) is 5.10 Å². The van der Waals surface area contributed by atoms with Crippen LogP contribution in [0.25, 0.3) is 22.4 Å². The van der Waals surface area contributed by atoms with E-state index < -0.39 is 0 Å². The topological polar surface area (TPSA) is 69.0 Å². The number of carbonyl (C=O) groups excluding carboxylic acids is 1. The maximum Gasteiger partial charge on any atom is 0.270 e. The highest BCUT2D eigenvalue weighted by Crippen LogP contribution is 2.36. The van der Waals surface area contributed by atoms with Gasteiger partial charge in [0.2, 0.25) is 0 Å². The molecule has 6 nitrogen and oxygen atoms in total. The molecule has 2 aromatic carbocycles. The van der Waals surface area contributed by atoms with Gasteiger partial charge in [-0.25, -0.2) is 0 Å². The van der Waals surface area contributed by atoms with Crippen LogP contribution in [0.5, 0.6) is 5.75 Å². The molecule has 1 atom stereocenters. The molecule has 0 fully saturated rings. The summed E-state index contributed by atoms with van der Waals surface area (Å²) in [5.41, 5.74) is 6.55. The third-order valence-electron chi connectivity index (χ3n) is 6.44. The molecule has 0 aliphatic carbocycles. The third kappa shape index (κ3) is 4.31. The van der Waals surface area contributed by atoms with Crippen LogP contribution >= 0.6 is 0 Å². The maximum atomic E-state index is 12.7. The Morgan fingerprint density at radius 3 is 2.44 bits per heavy atom. The fourth-order valence-electron chi connectivity index (χ4n) is 4.26. The first kappa shape index (κ1) is 21.9. The molecule has 0 spiro atoms. The number of hydrogen-bond donors (Lipinski definition) is 1. The van der Waals surface area contributed by atoms with Crippen LogP contribution in [0.2, 0.25) is 0 Å². The summed E-state index contributed by atoms with van der Waals surface area (Å²) in [4.78, 5) is 16.8. The van der Waals surface area contributed by atoms with E-state index in [0.29, 0.717) is 31.3 Å². The highest BCUT2D eigenvalue weighted by atomic mass is 16.5. The first-order valence-corrected chi connectivity index (χ1v) is 11.8. The fourth-order valence-corrected chi connectivity index (χ4v) is 4.26. The summed E-state index contributed by atoms with van der Waals surface area (Å²) in [6.07, 6.45) is 4.61. The van der Waals surface area contributed by atoms with Crippen LogP contribution in [0.3, 0.4) is 0 Å². The minimum Gasteiger partial charge on any atom is -0.489 e. The van der Waals surface area contributed by atoms with Crippen molar-refractivity contribution in [3.63, 3.8) is 0 Å². The molecule has 0 saturated heterocycles. The van der Waals surface area contributed by atoms with Crippen LogP contribution in [0.15, 0.2) is 73.1 Å². The summed E-state index contributed by atoms with van der Waals surface area (Å²) in [6.45, 7) is 6.19. The number of rotatable bonds is 7. The zero-order valence-corrected chi connectivity index (χ0v) is 19.5. The third-order valence-corrected chi connectivity index (χ3v) is 6.44. The predicted octanol–water partition coefficient (Wildman–Crippen LogP) is 5.45. The zero-order valence-electron chi connectivity index (χ0n) is 19.5. The quantitative estimate of drug-likeness (QED) is 0.405. The predicted molar refractivity (Wildman–Crippen MR) is 133 cm³/mol. The standard InChI is InChI=1S/C28H28N4O2/c1-3-19(2)21-6-4-20(5-7-21)18-34-24-10-8-22(9-11-24)25-26(23-12-14-29-15-13-23)31-32-17-16-30-28(33)27(25)32/h4-15,19H,3,16-18H2,1-2H3,(H,30,33). The molecule has 1 aliphatic heterocycles. The number of benzene rings is 2. The van der Waals surface area contributed by atoms with Gasteiger partial charge in [0.25, 0.3) is 5.91 Å². The number of carbonyl (C=O) groups is 1. The molecule has 2 aromatic heterocycles. The van der Waals surface area contributed by atoms with E-state index in [1.807, 2.05) is 36.4 Å². The second kappa shape index (κ2) is 9.51. The van der Waals surface area contributed by atoms with E-state index in [2.05, 4.69) is 48.4 Å². The van der Waals surface area contributed by atoms with Gasteiger partial charge >= 0.3 is 0 Å². The van der Waals surface area contributed by atoms with Gasteiger partial charge in [-0.05, 0) is 53.3 Å². The van der Waals surface area contributed by atoms with Gasteiger partial charge in [0.1, 0.15) is 23.7 Å². The van der Waals surface area contributed by atoms with E-state index in [1.165, 1.54) is 5.56 Å². The van der Waals surface area contributed by atoms with Crippen LogP contribution in [0, 0.1) is 0 Å². The van der Waals surface area contributed by atoms with Crippen molar-refractivity contribution in [1.82, 2.24) is 20.1 Å². The summed E-state index contributed by atoms with van der Waals surface area (Å²) in [5, 5.41) is 7.71. The molecule has 1 aliphatic rings. The molecule has 172 valence electrons. The van der Waals surface area contributed by atoms with E-state index in [-0.39, 0.29) is 5.91 Å². The molecule has 6 heteroatoms. The Balaban J connectivity index is 1.39. The molecule has 1 amide bonds. The van der Waals surface area contributed by atoms with E-state index in [4.69, 9.17) is 9.84 Å². The fraction of sp³-hybridized carbons (Fsp3) is 0.250. The number of nitrogens with one attached hydrogen (secondary N) is 1. The Labute approximate surface area is 199 Å². The van der Waals surface area contributed by atoms with Crippen molar-refractivity contribution in [2.24, 2.45) is 0 Å². The average molecular weight is 453 g/mol. The van der Waals surface area contributed by atoms with E-state index in [0.717, 1.165) is 40.1 Å². The summed E-state index contributed by atoms with van der Waals surface area (Å²) in [7, 11) is 0. The van der Waals surface area contributed by atoms with Crippen molar-refractivity contribution in [2.45, 2.75) is 39.3 Å². The number of ether oxygens (including phenoxy) is 1. The Bertz CT molecular complexity index is 1280. The number of nitrogens with zero attached hydrogens (tertiary/aromatic N) is 3. The summed E-state index contributed by atoms with van der Waals surface area (Å²) < 4.78 is 7.83. The normalized spacial score (nSPS) is 13.8. The van der Waals surface area contributed by atoms with Crippen molar-refractivity contribution in [3.8, 4) is 28.1 Å². The largest absolute Gasteiger partial charge is 0.489 e. The minimum atomic E-state index is -0.102. The first-order valence-electron chi connectivity index (χ1n) is 11.8. The lowest BCUT2D eigenvalue weighted by Crippen LogP contribution is -2.35. The molecule has 34 heavy (non-hydrogen) atoms. The molecule has 1 unspecified atom stereocenters. The number of pyridine rings is 1. The van der Waals surface area contributed by atoms with Gasteiger partial charge in [0.05, 0.1) is 6.54 Å². The molecule has 0 saturated carbocycles. The number of fused-ring (bicyclic) bond motifs is 1. The zero-order chi connectivity index (χ0) is 23.5. The highest BCUT2D eigenvalue weighted by molar-refractivity contribution is 6.03. The van der Waals surface area contributed by atoms with Crippen LogP contribution in [-0.2, 0) is 13.2 Å². The Hall–Kier alpha value is -3.93. The average Bonchev–Trinajstić information content (AvgIpc) is 3.29. The van der Waals surface area contributed by atoms with Crippen LogP contribution in [0.4, 0.5) is 0 Å².